The molecule has 0 saturated carbocycles. The van der Waals surface area contributed by atoms with Gasteiger partial charge >= 0.3 is 6.09 Å². The highest BCUT2D eigenvalue weighted by atomic mass is 16.6. The number of amides is 2. The van der Waals surface area contributed by atoms with Crippen molar-refractivity contribution in [3.8, 4) is 0 Å². The molecule has 2 aromatic carbocycles. The third-order valence-electron chi connectivity index (χ3n) is 6.64. The van der Waals surface area contributed by atoms with E-state index in [1.54, 1.807) is 13.8 Å². The maximum atomic E-state index is 13.1. The van der Waals surface area contributed by atoms with Crippen LogP contribution in [0.5, 0.6) is 0 Å². The van der Waals surface area contributed by atoms with Gasteiger partial charge in [-0.15, -0.1) is 0 Å². The van der Waals surface area contributed by atoms with Crippen LogP contribution < -0.4 is 0 Å². The predicted molar refractivity (Wildman–Crippen MR) is 131 cm³/mol. The Kier molecular flexibility index (Phi) is 9.25. The molecule has 1 saturated heterocycles. The summed E-state index contributed by atoms with van der Waals surface area (Å²) in [5.41, 5.74) is 1.98. The van der Waals surface area contributed by atoms with Crippen LogP contribution >= 0.6 is 0 Å². The van der Waals surface area contributed by atoms with Crippen LogP contribution in [0.2, 0.25) is 0 Å². The zero-order valence-electron chi connectivity index (χ0n) is 20.6. The zero-order chi connectivity index (χ0) is 24.7. The van der Waals surface area contributed by atoms with Crippen molar-refractivity contribution < 1.29 is 24.2 Å². The molecule has 0 spiro atoms. The minimum absolute atomic E-state index is 0.0682. The SMILES string of the molecule is CC(C)[C@H](CCC[C@H](O)[C@@H](C)C(=O)N1C(=O)O[C@@H](c2ccccc2)[C@H]1C)OCc1ccccc1. The van der Waals surface area contributed by atoms with Gasteiger partial charge < -0.3 is 14.6 Å². The highest BCUT2D eigenvalue weighted by Gasteiger charge is 2.45. The van der Waals surface area contributed by atoms with Gasteiger partial charge in [-0.25, -0.2) is 9.69 Å². The second-order valence-corrected chi connectivity index (χ2v) is 9.53. The fraction of sp³-hybridized carbons (Fsp3) is 0.500. The van der Waals surface area contributed by atoms with E-state index in [4.69, 9.17) is 9.47 Å². The average Bonchev–Trinajstić information content (AvgIpc) is 3.14. The Hall–Kier alpha value is -2.70. The highest BCUT2D eigenvalue weighted by Crippen LogP contribution is 2.33. The van der Waals surface area contributed by atoms with E-state index in [1.807, 2.05) is 60.7 Å². The number of aliphatic hydroxyl groups is 1. The Morgan fingerprint density at radius 3 is 2.26 bits per heavy atom. The molecule has 1 heterocycles. The molecule has 0 aliphatic carbocycles. The van der Waals surface area contributed by atoms with Gasteiger partial charge in [-0.3, -0.25) is 4.79 Å². The first kappa shape index (κ1) is 25.9. The van der Waals surface area contributed by atoms with Crippen molar-refractivity contribution in [3.05, 3.63) is 71.8 Å². The van der Waals surface area contributed by atoms with Crippen molar-refractivity contribution in [2.24, 2.45) is 11.8 Å². The van der Waals surface area contributed by atoms with Gasteiger partial charge in [0.1, 0.15) is 6.10 Å². The lowest BCUT2D eigenvalue weighted by molar-refractivity contribution is -0.136. The molecule has 5 atom stereocenters. The van der Waals surface area contributed by atoms with Gasteiger partial charge in [0, 0.05) is 0 Å². The lowest BCUT2D eigenvalue weighted by Crippen LogP contribution is -2.44. The quantitative estimate of drug-likeness (QED) is 0.472. The molecule has 3 rings (SSSR count). The maximum absolute atomic E-state index is 13.1. The van der Waals surface area contributed by atoms with Crippen LogP contribution in [0.1, 0.15) is 64.2 Å². The molecule has 6 nitrogen and oxygen atoms in total. The summed E-state index contributed by atoms with van der Waals surface area (Å²) in [6, 6.07) is 19.0. The molecular formula is C28H37NO5. The van der Waals surface area contributed by atoms with Gasteiger partial charge in [-0.1, -0.05) is 81.4 Å². The van der Waals surface area contributed by atoms with Gasteiger partial charge in [-0.05, 0) is 43.2 Å². The monoisotopic (exact) mass is 467 g/mol. The molecule has 6 heteroatoms. The molecule has 184 valence electrons. The molecule has 0 bridgehead atoms. The van der Waals surface area contributed by atoms with Crippen LogP contribution in [-0.2, 0) is 20.9 Å². The first-order valence-corrected chi connectivity index (χ1v) is 12.2. The normalized spacial score (nSPS) is 20.8. The number of nitrogens with zero attached hydrogens (tertiary/aromatic N) is 1. The first-order valence-electron chi connectivity index (χ1n) is 12.2. The number of rotatable bonds is 11. The summed E-state index contributed by atoms with van der Waals surface area (Å²) >= 11 is 0. The number of hydrogen-bond acceptors (Lipinski definition) is 5. The van der Waals surface area contributed by atoms with Crippen LogP contribution in [0.3, 0.4) is 0 Å². The summed E-state index contributed by atoms with van der Waals surface area (Å²) in [7, 11) is 0. The number of hydrogen-bond donors (Lipinski definition) is 1. The molecule has 2 amide bonds. The summed E-state index contributed by atoms with van der Waals surface area (Å²) in [6.45, 7) is 8.29. The molecule has 0 unspecified atom stereocenters. The van der Waals surface area contributed by atoms with E-state index >= 15 is 0 Å². The number of carbonyl (C=O) groups is 2. The van der Waals surface area contributed by atoms with Gasteiger partial charge in [0.25, 0.3) is 0 Å². The molecule has 1 aliphatic rings. The molecule has 1 N–H and O–H groups in total. The van der Waals surface area contributed by atoms with Gasteiger partial charge in [0.15, 0.2) is 0 Å². The number of benzene rings is 2. The first-order chi connectivity index (χ1) is 16.3. The van der Waals surface area contributed by atoms with E-state index in [-0.39, 0.29) is 6.10 Å². The van der Waals surface area contributed by atoms with Crippen LogP contribution in [0.15, 0.2) is 60.7 Å². The van der Waals surface area contributed by atoms with Crippen molar-refractivity contribution >= 4 is 12.0 Å². The maximum Gasteiger partial charge on any atom is 0.417 e. The van der Waals surface area contributed by atoms with Crippen molar-refractivity contribution in [3.63, 3.8) is 0 Å². The van der Waals surface area contributed by atoms with Crippen LogP contribution in [0.4, 0.5) is 4.79 Å². The Morgan fingerprint density at radius 2 is 1.65 bits per heavy atom. The number of ether oxygens (including phenoxy) is 2. The highest BCUT2D eigenvalue weighted by molar-refractivity contribution is 5.95. The lowest BCUT2D eigenvalue weighted by Gasteiger charge is -2.26. The molecule has 0 radical (unpaired) electrons. The lowest BCUT2D eigenvalue weighted by atomic mass is 9.94. The van der Waals surface area contributed by atoms with Crippen molar-refractivity contribution in [1.29, 1.82) is 0 Å². The molecule has 2 aromatic rings. The van der Waals surface area contributed by atoms with E-state index < -0.39 is 36.2 Å². The Labute approximate surface area is 202 Å². The number of aliphatic hydroxyl groups excluding tert-OH is 1. The van der Waals surface area contributed by atoms with Crippen LogP contribution in [0.25, 0.3) is 0 Å². The molecule has 0 aromatic heterocycles. The Morgan fingerprint density at radius 1 is 1.03 bits per heavy atom. The molecule has 1 aliphatic heterocycles. The smallest absolute Gasteiger partial charge is 0.417 e. The van der Waals surface area contributed by atoms with E-state index in [9.17, 15) is 14.7 Å². The van der Waals surface area contributed by atoms with Crippen molar-refractivity contribution in [2.45, 2.75) is 77.9 Å². The molecular weight excluding hydrogens is 430 g/mol. The number of imide groups is 1. The minimum Gasteiger partial charge on any atom is -0.439 e. The average molecular weight is 468 g/mol. The summed E-state index contributed by atoms with van der Waals surface area (Å²) < 4.78 is 11.6. The minimum atomic E-state index is -0.842. The van der Waals surface area contributed by atoms with Crippen molar-refractivity contribution in [1.82, 2.24) is 4.90 Å². The zero-order valence-corrected chi connectivity index (χ0v) is 20.6. The second kappa shape index (κ2) is 12.1. The third kappa shape index (κ3) is 6.45. The third-order valence-corrected chi connectivity index (χ3v) is 6.64. The van der Waals surface area contributed by atoms with E-state index in [2.05, 4.69) is 13.8 Å². The van der Waals surface area contributed by atoms with Gasteiger partial charge in [0.05, 0.1) is 30.8 Å². The fourth-order valence-corrected chi connectivity index (χ4v) is 4.39. The fourth-order valence-electron chi connectivity index (χ4n) is 4.39. The standard InChI is InChI=1S/C28H37NO5/c1-19(2)25(33-18-22-12-7-5-8-13-22)17-11-16-24(30)20(3)27(31)29-21(4)26(34-28(29)32)23-14-9-6-10-15-23/h5-10,12-15,19-21,24-26,30H,11,16-18H2,1-4H3/t20-,21-,24+,25+,26-/m1/s1. The summed E-state index contributed by atoms with van der Waals surface area (Å²) in [4.78, 5) is 26.7. The number of carbonyl (C=O) groups excluding carboxylic acids is 2. The molecule has 34 heavy (non-hydrogen) atoms. The Balaban J connectivity index is 1.50. The topological polar surface area (TPSA) is 76.1 Å². The largest absolute Gasteiger partial charge is 0.439 e. The van der Waals surface area contributed by atoms with E-state index in [0.717, 1.165) is 28.9 Å². The van der Waals surface area contributed by atoms with E-state index in [0.29, 0.717) is 18.9 Å². The van der Waals surface area contributed by atoms with Gasteiger partial charge in [-0.2, -0.15) is 0 Å². The summed E-state index contributed by atoms with van der Waals surface area (Å²) in [5.74, 6) is -0.758. The molecule has 1 fully saturated rings. The van der Waals surface area contributed by atoms with Crippen LogP contribution in [-0.4, -0.2) is 40.3 Å². The predicted octanol–water partition coefficient (Wildman–Crippen LogP) is 5.50. The number of cyclic esters (lactones) is 1. The second-order valence-electron chi connectivity index (χ2n) is 9.53. The van der Waals surface area contributed by atoms with E-state index in [1.165, 1.54) is 0 Å². The Bertz CT molecular complexity index is 917. The summed E-state index contributed by atoms with van der Waals surface area (Å²) in [6.07, 6.45) is 0.0486. The summed E-state index contributed by atoms with van der Waals surface area (Å²) in [5, 5.41) is 10.7. The van der Waals surface area contributed by atoms with Crippen LogP contribution in [0, 0.1) is 11.8 Å². The van der Waals surface area contributed by atoms with Crippen molar-refractivity contribution in [2.75, 3.05) is 0 Å². The van der Waals surface area contributed by atoms with Gasteiger partial charge in [0.2, 0.25) is 5.91 Å².